The second-order valence-corrected chi connectivity index (χ2v) is 4.20. The third-order valence-corrected chi connectivity index (χ3v) is 2.81. The van der Waals surface area contributed by atoms with Crippen LogP contribution < -0.4 is 10.6 Å². The SMILES string of the molecule is Cn1cccc1C(=O)NCCNc1ncccc1C#N. The van der Waals surface area contributed by atoms with Gasteiger partial charge in [-0.25, -0.2) is 4.98 Å². The molecule has 0 fully saturated rings. The molecular weight excluding hydrogens is 254 g/mol. The number of rotatable bonds is 5. The average Bonchev–Trinajstić information content (AvgIpc) is 2.90. The number of aryl methyl sites for hydroxylation is 1. The minimum absolute atomic E-state index is 0.124. The summed E-state index contributed by atoms with van der Waals surface area (Å²) in [5.41, 5.74) is 1.10. The van der Waals surface area contributed by atoms with Crippen molar-refractivity contribution in [3.8, 4) is 6.07 Å². The summed E-state index contributed by atoms with van der Waals surface area (Å²) >= 11 is 0. The molecule has 0 spiro atoms. The Morgan fingerprint density at radius 2 is 2.25 bits per heavy atom. The molecule has 0 aliphatic rings. The van der Waals surface area contributed by atoms with E-state index in [2.05, 4.69) is 21.7 Å². The molecular formula is C14H15N5O. The topological polar surface area (TPSA) is 82.7 Å². The Bertz CT molecular complexity index is 641. The number of hydrogen-bond acceptors (Lipinski definition) is 4. The van der Waals surface area contributed by atoms with E-state index in [0.29, 0.717) is 30.2 Å². The van der Waals surface area contributed by atoms with Crippen LogP contribution >= 0.6 is 0 Å². The molecule has 0 saturated carbocycles. The van der Waals surface area contributed by atoms with Crippen LogP contribution in [-0.4, -0.2) is 28.5 Å². The first kappa shape index (κ1) is 13.6. The molecule has 0 aromatic carbocycles. The van der Waals surface area contributed by atoms with Gasteiger partial charge in [-0.1, -0.05) is 0 Å². The van der Waals surface area contributed by atoms with E-state index in [-0.39, 0.29) is 5.91 Å². The van der Waals surface area contributed by atoms with Crippen molar-refractivity contribution >= 4 is 11.7 Å². The quantitative estimate of drug-likeness (QED) is 0.797. The summed E-state index contributed by atoms with van der Waals surface area (Å²) in [5, 5.41) is 14.7. The van der Waals surface area contributed by atoms with Gasteiger partial charge in [-0.3, -0.25) is 4.79 Å². The van der Waals surface area contributed by atoms with Gasteiger partial charge in [-0.15, -0.1) is 0 Å². The molecule has 0 bridgehead atoms. The van der Waals surface area contributed by atoms with Crippen molar-refractivity contribution in [3.05, 3.63) is 47.9 Å². The van der Waals surface area contributed by atoms with Crippen LogP contribution in [0.2, 0.25) is 0 Å². The predicted octanol–water partition coefficient (Wildman–Crippen LogP) is 1.13. The highest BCUT2D eigenvalue weighted by Crippen LogP contribution is 2.08. The lowest BCUT2D eigenvalue weighted by atomic mass is 10.3. The van der Waals surface area contributed by atoms with Gasteiger partial charge in [0.1, 0.15) is 17.6 Å². The number of nitrogens with one attached hydrogen (secondary N) is 2. The van der Waals surface area contributed by atoms with Crippen LogP contribution in [0.15, 0.2) is 36.7 Å². The van der Waals surface area contributed by atoms with Crippen LogP contribution in [0.1, 0.15) is 16.1 Å². The molecule has 2 rings (SSSR count). The highest BCUT2D eigenvalue weighted by atomic mass is 16.1. The molecule has 20 heavy (non-hydrogen) atoms. The third-order valence-electron chi connectivity index (χ3n) is 2.81. The minimum atomic E-state index is -0.124. The Morgan fingerprint density at radius 3 is 2.95 bits per heavy atom. The minimum Gasteiger partial charge on any atom is -0.367 e. The van der Waals surface area contributed by atoms with Crippen molar-refractivity contribution in [3.63, 3.8) is 0 Å². The van der Waals surface area contributed by atoms with Gasteiger partial charge >= 0.3 is 0 Å². The maximum Gasteiger partial charge on any atom is 0.267 e. The van der Waals surface area contributed by atoms with Crippen molar-refractivity contribution in [1.29, 1.82) is 5.26 Å². The van der Waals surface area contributed by atoms with Crippen LogP contribution in [0.3, 0.4) is 0 Å². The fraction of sp³-hybridized carbons (Fsp3) is 0.214. The molecule has 1 amide bonds. The van der Waals surface area contributed by atoms with E-state index in [1.54, 1.807) is 29.0 Å². The van der Waals surface area contributed by atoms with Crippen molar-refractivity contribution < 1.29 is 4.79 Å². The molecule has 6 nitrogen and oxygen atoms in total. The van der Waals surface area contributed by atoms with Crippen LogP contribution in [0.5, 0.6) is 0 Å². The molecule has 2 aromatic heterocycles. The van der Waals surface area contributed by atoms with E-state index in [4.69, 9.17) is 5.26 Å². The smallest absolute Gasteiger partial charge is 0.267 e. The van der Waals surface area contributed by atoms with Gasteiger partial charge in [0.25, 0.3) is 5.91 Å². The Labute approximate surface area is 117 Å². The summed E-state index contributed by atoms with van der Waals surface area (Å²) in [6.45, 7) is 0.952. The molecule has 0 aliphatic heterocycles. The molecule has 0 atom stereocenters. The zero-order valence-corrected chi connectivity index (χ0v) is 11.1. The van der Waals surface area contributed by atoms with Gasteiger partial charge in [0.05, 0.1) is 5.56 Å². The molecule has 0 saturated heterocycles. The van der Waals surface area contributed by atoms with Crippen molar-refractivity contribution in [1.82, 2.24) is 14.9 Å². The predicted molar refractivity (Wildman–Crippen MR) is 75.2 cm³/mol. The monoisotopic (exact) mass is 269 g/mol. The fourth-order valence-corrected chi connectivity index (χ4v) is 1.78. The number of nitriles is 1. The lowest BCUT2D eigenvalue weighted by molar-refractivity contribution is 0.0947. The maximum atomic E-state index is 11.8. The van der Waals surface area contributed by atoms with E-state index in [1.165, 1.54) is 0 Å². The second-order valence-electron chi connectivity index (χ2n) is 4.20. The van der Waals surface area contributed by atoms with E-state index in [9.17, 15) is 4.79 Å². The largest absolute Gasteiger partial charge is 0.367 e. The van der Waals surface area contributed by atoms with Crippen LogP contribution in [0.4, 0.5) is 5.82 Å². The van der Waals surface area contributed by atoms with Gasteiger partial charge in [0, 0.05) is 32.5 Å². The lowest BCUT2D eigenvalue weighted by Crippen LogP contribution is -2.30. The number of anilines is 1. The van der Waals surface area contributed by atoms with Crippen LogP contribution in [0.25, 0.3) is 0 Å². The molecule has 6 heteroatoms. The van der Waals surface area contributed by atoms with Gasteiger partial charge in [-0.05, 0) is 24.3 Å². The van der Waals surface area contributed by atoms with Crippen molar-refractivity contribution in [2.45, 2.75) is 0 Å². The first-order valence-corrected chi connectivity index (χ1v) is 6.21. The van der Waals surface area contributed by atoms with Crippen LogP contribution in [-0.2, 0) is 7.05 Å². The summed E-state index contributed by atoms with van der Waals surface area (Å²) in [6, 6.07) is 9.04. The Kier molecular flexibility index (Phi) is 4.35. The zero-order valence-electron chi connectivity index (χ0n) is 11.1. The van der Waals surface area contributed by atoms with E-state index < -0.39 is 0 Å². The summed E-state index contributed by atoms with van der Waals surface area (Å²) in [4.78, 5) is 15.9. The van der Waals surface area contributed by atoms with Gasteiger partial charge in [0.2, 0.25) is 0 Å². The van der Waals surface area contributed by atoms with Gasteiger partial charge in [-0.2, -0.15) is 5.26 Å². The number of carbonyl (C=O) groups is 1. The molecule has 0 radical (unpaired) electrons. The molecule has 2 N–H and O–H groups in total. The number of hydrogen-bond donors (Lipinski definition) is 2. The molecule has 102 valence electrons. The zero-order chi connectivity index (χ0) is 14.4. The molecule has 2 heterocycles. The molecule has 0 aliphatic carbocycles. The number of carbonyl (C=O) groups excluding carboxylic acids is 1. The summed E-state index contributed by atoms with van der Waals surface area (Å²) in [6.07, 6.45) is 3.44. The number of aromatic nitrogens is 2. The Balaban J connectivity index is 1.81. The fourth-order valence-electron chi connectivity index (χ4n) is 1.78. The van der Waals surface area contributed by atoms with Crippen LogP contribution in [0, 0.1) is 11.3 Å². The highest BCUT2D eigenvalue weighted by Gasteiger charge is 2.07. The van der Waals surface area contributed by atoms with Gasteiger partial charge < -0.3 is 15.2 Å². The second kappa shape index (κ2) is 6.38. The van der Waals surface area contributed by atoms with Gasteiger partial charge in [0.15, 0.2) is 0 Å². The molecule has 2 aromatic rings. The summed E-state index contributed by atoms with van der Waals surface area (Å²) in [7, 11) is 1.82. The van der Waals surface area contributed by atoms with E-state index in [1.807, 2.05) is 19.3 Å². The summed E-state index contributed by atoms with van der Waals surface area (Å²) < 4.78 is 1.76. The third kappa shape index (κ3) is 3.14. The number of nitrogens with zero attached hydrogens (tertiary/aromatic N) is 3. The highest BCUT2D eigenvalue weighted by molar-refractivity contribution is 5.92. The first-order chi connectivity index (χ1) is 9.72. The Hall–Kier alpha value is -2.81. The van der Waals surface area contributed by atoms with E-state index >= 15 is 0 Å². The van der Waals surface area contributed by atoms with E-state index in [0.717, 1.165) is 0 Å². The normalized spacial score (nSPS) is 9.80. The molecule has 0 unspecified atom stereocenters. The standard InChI is InChI=1S/C14H15N5O/c1-19-9-3-5-12(19)14(20)18-8-7-17-13-11(10-15)4-2-6-16-13/h2-6,9H,7-8H2,1H3,(H,16,17)(H,18,20). The number of amides is 1. The summed E-state index contributed by atoms with van der Waals surface area (Å²) in [5.74, 6) is 0.406. The lowest BCUT2D eigenvalue weighted by Gasteiger charge is -2.08. The van der Waals surface area contributed by atoms with Crippen molar-refractivity contribution in [2.24, 2.45) is 7.05 Å². The maximum absolute atomic E-state index is 11.8. The first-order valence-electron chi connectivity index (χ1n) is 6.21. The number of pyridine rings is 1. The average molecular weight is 269 g/mol. The Morgan fingerprint density at radius 1 is 1.40 bits per heavy atom. The van der Waals surface area contributed by atoms with Crippen molar-refractivity contribution in [2.75, 3.05) is 18.4 Å².